The van der Waals surface area contributed by atoms with Gasteiger partial charge in [0.1, 0.15) is 11.4 Å². The number of anilines is 2. The van der Waals surface area contributed by atoms with Crippen LogP contribution in [0.5, 0.6) is 5.75 Å². The summed E-state index contributed by atoms with van der Waals surface area (Å²) in [4.78, 5) is 19.2. The highest BCUT2D eigenvalue weighted by atomic mass is 16.6. The minimum Gasteiger partial charge on any atom is -0.492 e. The summed E-state index contributed by atoms with van der Waals surface area (Å²) in [5.41, 5.74) is 9.00. The molecule has 2 heterocycles. The highest BCUT2D eigenvalue weighted by Gasteiger charge is 2.31. The number of hydrogen-bond donors (Lipinski definition) is 1. The second kappa shape index (κ2) is 9.98. The van der Waals surface area contributed by atoms with Gasteiger partial charge < -0.3 is 25.0 Å². The number of aryl methyl sites for hydroxylation is 1. The lowest BCUT2D eigenvalue weighted by Gasteiger charge is -2.43. The first-order chi connectivity index (χ1) is 14.7. The zero-order chi connectivity index (χ0) is 22.6. The smallest absolute Gasteiger partial charge is 0.410 e. The topological polar surface area (TPSA) is 71.3 Å². The van der Waals surface area contributed by atoms with Gasteiger partial charge in [-0.3, -0.25) is 4.90 Å². The Morgan fingerprint density at radius 1 is 1.06 bits per heavy atom. The van der Waals surface area contributed by atoms with Crippen LogP contribution in [0.15, 0.2) is 12.1 Å². The van der Waals surface area contributed by atoms with E-state index in [0.29, 0.717) is 12.6 Å². The van der Waals surface area contributed by atoms with E-state index in [1.807, 2.05) is 32.6 Å². The molecule has 7 nitrogen and oxygen atoms in total. The third kappa shape index (κ3) is 5.97. The molecule has 1 aromatic rings. The van der Waals surface area contributed by atoms with Crippen LogP contribution in [0.25, 0.3) is 0 Å². The summed E-state index contributed by atoms with van der Waals surface area (Å²) in [5, 5.41) is 0. The third-order valence-electron chi connectivity index (χ3n) is 6.18. The predicted molar refractivity (Wildman–Crippen MR) is 126 cm³/mol. The summed E-state index contributed by atoms with van der Waals surface area (Å²) in [6.45, 7) is 15.9. The molecule has 0 atom stereocenters. The van der Waals surface area contributed by atoms with Crippen LogP contribution in [-0.2, 0) is 11.2 Å². The number of carbonyl (C=O) groups is 1. The molecule has 0 spiro atoms. The highest BCUT2D eigenvalue weighted by Crippen LogP contribution is 2.34. The molecule has 174 valence electrons. The zero-order valence-electron chi connectivity index (χ0n) is 19.9. The van der Waals surface area contributed by atoms with Gasteiger partial charge in [-0.1, -0.05) is 6.92 Å². The van der Waals surface area contributed by atoms with Crippen molar-refractivity contribution in [1.29, 1.82) is 0 Å². The SMILES string of the molecule is CCOc1cc(N2CCC(N3CCN(C(=O)OC(C)(C)C)CC3)CC2)c(CC)cc1N. The molecule has 1 amide bonds. The van der Waals surface area contributed by atoms with Crippen LogP contribution in [0.1, 0.15) is 53.0 Å². The number of rotatable bonds is 5. The number of hydrogen-bond acceptors (Lipinski definition) is 6. The van der Waals surface area contributed by atoms with Crippen molar-refractivity contribution in [2.45, 2.75) is 65.5 Å². The van der Waals surface area contributed by atoms with Gasteiger partial charge in [-0.05, 0) is 58.6 Å². The van der Waals surface area contributed by atoms with E-state index < -0.39 is 5.60 Å². The maximum Gasteiger partial charge on any atom is 0.410 e. The third-order valence-corrected chi connectivity index (χ3v) is 6.18. The van der Waals surface area contributed by atoms with E-state index >= 15 is 0 Å². The maximum atomic E-state index is 12.3. The van der Waals surface area contributed by atoms with Crippen molar-refractivity contribution >= 4 is 17.5 Å². The highest BCUT2D eigenvalue weighted by molar-refractivity contribution is 5.68. The molecule has 7 heteroatoms. The minimum absolute atomic E-state index is 0.192. The Kier molecular flexibility index (Phi) is 7.57. The number of benzene rings is 1. The van der Waals surface area contributed by atoms with Crippen LogP contribution < -0.4 is 15.4 Å². The molecule has 0 aliphatic carbocycles. The fourth-order valence-electron chi connectivity index (χ4n) is 4.56. The van der Waals surface area contributed by atoms with Gasteiger partial charge in [-0.25, -0.2) is 4.79 Å². The Bertz CT molecular complexity index is 746. The van der Waals surface area contributed by atoms with Crippen molar-refractivity contribution in [1.82, 2.24) is 9.80 Å². The van der Waals surface area contributed by atoms with Crippen LogP contribution in [0.2, 0.25) is 0 Å². The summed E-state index contributed by atoms with van der Waals surface area (Å²) in [7, 11) is 0. The Balaban J connectivity index is 1.55. The molecule has 2 saturated heterocycles. The van der Waals surface area contributed by atoms with E-state index in [1.54, 1.807) is 0 Å². The average molecular weight is 433 g/mol. The first-order valence-electron chi connectivity index (χ1n) is 11.7. The molecule has 0 radical (unpaired) electrons. The lowest BCUT2D eigenvalue weighted by Crippen LogP contribution is -2.55. The van der Waals surface area contributed by atoms with Gasteiger partial charge in [0.25, 0.3) is 0 Å². The van der Waals surface area contributed by atoms with Crippen LogP contribution in [0, 0.1) is 0 Å². The normalized spacial score (nSPS) is 18.9. The lowest BCUT2D eigenvalue weighted by atomic mass is 9.99. The minimum atomic E-state index is -0.442. The summed E-state index contributed by atoms with van der Waals surface area (Å²) < 4.78 is 11.3. The Morgan fingerprint density at radius 3 is 2.26 bits per heavy atom. The summed E-state index contributed by atoms with van der Waals surface area (Å²) in [6, 6.07) is 4.77. The number of carbonyl (C=O) groups excluding carboxylic acids is 1. The van der Waals surface area contributed by atoms with Crippen LogP contribution in [0.4, 0.5) is 16.2 Å². The van der Waals surface area contributed by atoms with Gasteiger partial charge in [0.05, 0.1) is 12.3 Å². The summed E-state index contributed by atoms with van der Waals surface area (Å²) in [6.07, 6.45) is 3.02. The fourth-order valence-corrected chi connectivity index (χ4v) is 4.56. The monoisotopic (exact) mass is 432 g/mol. The fraction of sp³-hybridized carbons (Fsp3) is 0.708. The van der Waals surface area contributed by atoms with Gasteiger partial charge >= 0.3 is 6.09 Å². The summed E-state index contributed by atoms with van der Waals surface area (Å²) >= 11 is 0. The van der Waals surface area contributed by atoms with E-state index in [4.69, 9.17) is 15.2 Å². The van der Waals surface area contributed by atoms with Gasteiger partial charge in [0.15, 0.2) is 0 Å². The Morgan fingerprint density at radius 2 is 1.71 bits per heavy atom. The van der Waals surface area contributed by atoms with E-state index in [9.17, 15) is 4.79 Å². The molecule has 2 N–H and O–H groups in total. The maximum absolute atomic E-state index is 12.3. The van der Waals surface area contributed by atoms with E-state index in [-0.39, 0.29) is 6.09 Å². The number of amides is 1. The van der Waals surface area contributed by atoms with E-state index in [0.717, 1.165) is 70.0 Å². The molecule has 3 rings (SSSR count). The van der Waals surface area contributed by atoms with Crippen LogP contribution >= 0.6 is 0 Å². The first kappa shape index (κ1) is 23.5. The molecular weight excluding hydrogens is 392 g/mol. The predicted octanol–water partition coefficient (Wildman–Crippen LogP) is 3.75. The molecule has 2 aliphatic heterocycles. The average Bonchev–Trinajstić information content (AvgIpc) is 2.74. The molecule has 0 unspecified atom stereocenters. The molecular formula is C24H40N4O3. The number of piperidine rings is 1. The molecule has 2 fully saturated rings. The number of ether oxygens (including phenoxy) is 2. The Hall–Kier alpha value is -2.15. The zero-order valence-corrected chi connectivity index (χ0v) is 19.9. The van der Waals surface area contributed by atoms with Crippen molar-refractivity contribution < 1.29 is 14.3 Å². The van der Waals surface area contributed by atoms with Gasteiger partial charge in [-0.2, -0.15) is 0 Å². The van der Waals surface area contributed by atoms with Crippen LogP contribution in [0.3, 0.4) is 0 Å². The van der Waals surface area contributed by atoms with Gasteiger partial charge in [0.2, 0.25) is 0 Å². The number of nitrogens with two attached hydrogens (primary N) is 1. The van der Waals surface area contributed by atoms with Gasteiger partial charge in [0, 0.05) is 57.1 Å². The molecule has 31 heavy (non-hydrogen) atoms. The van der Waals surface area contributed by atoms with Crippen molar-refractivity contribution in [3.63, 3.8) is 0 Å². The lowest BCUT2D eigenvalue weighted by molar-refractivity contribution is 0.00902. The number of nitrogens with zero attached hydrogens (tertiary/aromatic N) is 3. The van der Waals surface area contributed by atoms with Crippen LogP contribution in [-0.4, -0.2) is 73.4 Å². The second-order valence-electron chi connectivity index (χ2n) is 9.53. The molecule has 0 bridgehead atoms. The summed E-state index contributed by atoms with van der Waals surface area (Å²) in [5.74, 6) is 0.787. The van der Waals surface area contributed by atoms with Gasteiger partial charge in [-0.15, -0.1) is 0 Å². The standard InChI is InChI=1S/C24H40N4O3/c1-6-18-16-20(25)22(30-7-2)17-21(18)27-10-8-19(9-11-27)26-12-14-28(15-13-26)23(29)31-24(3,4)5/h16-17,19H,6-15,25H2,1-5H3. The second-order valence-corrected chi connectivity index (χ2v) is 9.53. The first-order valence-corrected chi connectivity index (χ1v) is 11.7. The van der Waals surface area contributed by atoms with E-state index in [2.05, 4.69) is 28.9 Å². The molecule has 2 aliphatic rings. The van der Waals surface area contributed by atoms with E-state index in [1.165, 1.54) is 11.3 Å². The van der Waals surface area contributed by atoms with Crippen molar-refractivity contribution in [2.24, 2.45) is 0 Å². The largest absolute Gasteiger partial charge is 0.492 e. The molecule has 1 aromatic carbocycles. The number of piperazine rings is 1. The van der Waals surface area contributed by atoms with Crippen molar-refractivity contribution in [3.05, 3.63) is 17.7 Å². The molecule has 0 saturated carbocycles. The van der Waals surface area contributed by atoms with Crippen molar-refractivity contribution in [3.8, 4) is 5.75 Å². The number of nitrogen functional groups attached to an aromatic ring is 1. The Labute approximate surface area is 187 Å². The quantitative estimate of drug-likeness (QED) is 0.715. The molecule has 0 aromatic heterocycles. The van der Waals surface area contributed by atoms with Crippen molar-refractivity contribution in [2.75, 3.05) is 56.5 Å².